The Kier molecular flexibility index (Phi) is 4.31. The number of carbonyl (C=O) groups is 1. The molecule has 0 fully saturated rings. The van der Waals surface area contributed by atoms with Crippen molar-refractivity contribution in [2.24, 2.45) is 0 Å². The SMILES string of the molecule is CCc1ccccc1NC(=O)Nc1cc(C(C)(C)C)on1. The van der Waals surface area contributed by atoms with Gasteiger partial charge in [0, 0.05) is 17.2 Å². The van der Waals surface area contributed by atoms with Crippen molar-refractivity contribution < 1.29 is 9.32 Å². The summed E-state index contributed by atoms with van der Waals surface area (Å²) >= 11 is 0. The Morgan fingerprint density at radius 3 is 2.57 bits per heavy atom. The van der Waals surface area contributed by atoms with Gasteiger partial charge in [-0.25, -0.2) is 4.79 Å². The molecule has 5 nitrogen and oxygen atoms in total. The van der Waals surface area contributed by atoms with Gasteiger partial charge in [-0.3, -0.25) is 5.32 Å². The summed E-state index contributed by atoms with van der Waals surface area (Å²) < 4.78 is 5.23. The number of rotatable bonds is 3. The molecule has 0 spiro atoms. The number of benzene rings is 1. The van der Waals surface area contributed by atoms with Gasteiger partial charge in [-0.1, -0.05) is 51.1 Å². The first kappa shape index (κ1) is 15.1. The number of anilines is 2. The minimum absolute atomic E-state index is 0.141. The number of aryl methyl sites for hydroxylation is 1. The topological polar surface area (TPSA) is 67.2 Å². The molecule has 0 aliphatic heterocycles. The average molecular weight is 287 g/mol. The lowest BCUT2D eigenvalue weighted by molar-refractivity contribution is 0.262. The maximum absolute atomic E-state index is 12.0. The van der Waals surface area contributed by atoms with Gasteiger partial charge in [0.15, 0.2) is 5.82 Å². The summed E-state index contributed by atoms with van der Waals surface area (Å²) in [7, 11) is 0. The zero-order valence-corrected chi connectivity index (χ0v) is 12.9. The largest absolute Gasteiger partial charge is 0.359 e. The molecule has 1 aromatic carbocycles. The van der Waals surface area contributed by atoms with Crippen molar-refractivity contribution in [1.82, 2.24) is 5.16 Å². The summed E-state index contributed by atoms with van der Waals surface area (Å²) in [5.41, 5.74) is 1.75. The maximum Gasteiger partial charge on any atom is 0.324 e. The lowest BCUT2D eigenvalue weighted by atomic mass is 9.93. The quantitative estimate of drug-likeness (QED) is 0.890. The number of hydrogen-bond acceptors (Lipinski definition) is 3. The number of nitrogens with one attached hydrogen (secondary N) is 2. The predicted molar refractivity (Wildman–Crippen MR) is 83.7 cm³/mol. The Balaban J connectivity index is 2.03. The van der Waals surface area contributed by atoms with Crippen LogP contribution in [0.2, 0.25) is 0 Å². The summed E-state index contributed by atoms with van der Waals surface area (Å²) in [6.45, 7) is 8.12. The highest BCUT2D eigenvalue weighted by Crippen LogP contribution is 2.24. The molecule has 0 atom stereocenters. The van der Waals surface area contributed by atoms with E-state index in [-0.39, 0.29) is 11.4 Å². The molecule has 0 radical (unpaired) electrons. The van der Waals surface area contributed by atoms with Crippen LogP contribution in [0, 0.1) is 0 Å². The first-order valence-electron chi connectivity index (χ1n) is 7.03. The summed E-state index contributed by atoms with van der Waals surface area (Å²) in [6, 6.07) is 9.12. The van der Waals surface area contributed by atoms with E-state index in [2.05, 4.69) is 15.8 Å². The van der Waals surface area contributed by atoms with Crippen LogP contribution in [0.1, 0.15) is 39.0 Å². The van der Waals surface area contributed by atoms with Crippen molar-refractivity contribution in [3.8, 4) is 0 Å². The van der Waals surface area contributed by atoms with Gasteiger partial charge >= 0.3 is 6.03 Å². The Labute approximate surface area is 124 Å². The second-order valence-corrected chi connectivity index (χ2v) is 5.92. The van der Waals surface area contributed by atoms with E-state index in [9.17, 15) is 4.79 Å². The molecule has 2 N–H and O–H groups in total. The van der Waals surface area contributed by atoms with Gasteiger partial charge in [0.2, 0.25) is 0 Å². The van der Waals surface area contributed by atoms with Crippen LogP contribution < -0.4 is 10.6 Å². The van der Waals surface area contributed by atoms with E-state index in [1.807, 2.05) is 52.0 Å². The van der Waals surface area contributed by atoms with Gasteiger partial charge < -0.3 is 9.84 Å². The van der Waals surface area contributed by atoms with Gasteiger partial charge in [-0.15, -0.1) is 0 Å². The van der Waals surface area contributed by atoms with Crippen LogP contribution in [0.5, 0.6) is 0 Å². The molecule has 2 rings (SSSR count). The van der Waals surface area contributed by atoms with Crippen molar-refractivity contribution in [2.75, 3.05) is 10.6 Å². The summed E-state index contributed by atoms with van der Waals surface area (Å²) in [6.07, 6.45) is 0.856. The van der Waals surface area contributed by atoms with Crippen LogP contribution in [0.15, 0.2) is 34.9 Å². The van der Waals surface area contributed by atoms with Crippen LogP contribution in [0.3, 0.4) is 0 Å². The van der Waals surface area contributed by atoms with E-state index >= 15 is 0 Å². The highest BCUT2D eigenvalue weighted by Gasteiger charge is 2.20. The molecule has 0 saturated carbocycles. The van der Waals surface area contributed by atoms with Gasteiger partial charge in [-0.05, 0) is 18.1 Å². The number of aromatic nitrogens is 1. The van der Waals surface area contributed by atoms with Crippen molar-refractivity contribution in [3.05, 3.63) is 41.7 Å². The Morgan fingerprint density at radius 1 is 1.24 bits per heavy atom. The van der Waals surface area contributed by atoms with Crippen LogP contribution in [0.4, 0.5) is 16.3 Å². The van der Waals surface area contributed by atoms with Crippen molar-refractivity contribution in [2.45, 2.75) is 39.5 Å². The normalized spacial score (nSPS) is 11.2. The fourth-order valence-electron chi connectivity index (χ4n) is 1.91. The molecular weight excluding hydrogens is 266 g/mol. The standard InChI is InChI=1S/C16H21N3O2/c1-5-11-8-6-7-9-12(11)17-15(20)18-14-10-13(21-19-14)16(2,3)4/h6-10H,5H2,1-4H3,(H2,17,18,19,20). The zero-order valence-electron chi connectivity index (χ0n) is 12.9. The molecule has 1 heterocycles. The molecule has 0 aliphatic carbocycles. The van der Waals surface area contributed by atoms with E-state index in [0.717, 1.165) is 23.4 Å². The summed E-state index contributed by atoms with van der Waals surface area (Å²) in [5.74, 6) is 1.14. The third-order valence-electron chi connectivity index (χ3n) is 3.14. The van der Waals surface area contributed by atoms with E-state index in [1.165, 1.54) is 0 Å². The number of para-hydroxylation sites is 1. The van der Waals surface area contributed by atoms with E-state index < -0.39 is 0 Å². The van der Waals surface area contributed by atoms with Gasteiger partial charge in [-0.2, -0.15) is 0 Å². The molecule has 0 saturated heterocycles. The summed E-state index contributed by atoms with van der Waals surface area (Å²) in [4.78, 5) is 12.0. The minimum atomic E-state index is -0.329. The predicted octanol–water partition coefficient (Wildman–Crippen LogP) is 4.18. The second-order valence-electron chi connectivity index (χ2n) is 5.92. The van der Waals surface area contributed by atoms with Crippen LogP contribution in [-0.2, 0) is 11.8 Å². The molecule has 112 valence electrons. The molecular formula is C16H21N3O2. The highest BCUT2D eigenvalue weighted by atomic mass is 16.5. The van der Waals surface area contributed by atoms with Crippen molar-refractivity contribution in [1.29, 1.82) is 0 Å². The number of amides is 2. The third-order valence-corrected chi connectivity index (χ3v) is 3.14. The Bertz CT molecular complexity index is 626. The molecule has 2 amide bonds. The molecule has 0 bridgehead atoms. The van der Waals surface area contributed by atoms with Crippen molar-refractivity contribution in [3.63, 3.8) is 0 Å². The van der Waals surface area contributed by atoms with E-state index in [4.69, 9.17) is 4.52 Å². The van der Waals surface area contributed by atoms with Crippen LogP contribution in [-0.4, -0.2) is 11.2 Å². The molecule has 0 unspecified atom stereocenters. The molecule has 2 aromatic rings. The molecule has 0 aliphatic rings. The Hall–Kier alpha value is -2.30. The fourth-order valence-corrected chi connectivity index (χ4v) is 1.91. The average Bonchev–Trinajstić information content (AvgIpc) is 2.87. The lowest BCUT2D eigenvalue weighted by Crippen LogP contribution is -2.20. The molecule has 21 heavy (non-hydrogen) atoms. The number of nitrogens with zero attached hydrogens (tertiary/aromatic N) is 1. The summed E-state index contributed by atoms with van der Waals surface area (Å²) in [5, 5.41) is 9.37. The van der Waals surface area contributed by atoms with Crippen LogP contribution in [0.25, 0.3) is 0 Å². The maximum atomic E-state index is 12.0. The van der Waals surface area contributed by atoms with Gasteiger partial charge in [0.25, 0.3) is 0 Å². The van der Waals surface area contributed by atoms with Gasteiger partial charge in [0.05, 0.1) is 0 Å². The number of carbonyl (C=O) groups excluding carboxylic acids is 1. The second kappa shape index (κ2) is 5.99. The van der Waals surface area contributed by atoms with E-state index in [1.54, 1.807) is 6.07 Å². The number of hydrogen-bond donors (Lipinski definition) is 2. The zero-order chi connectivity index (χ0) is 15.5. The number of urea groups is 1. The van der Waals surface area contributed by atoms with Gasteiger partial charge in [0.1, 0.15) is 5.76 Å². The highest BCUT2D eigenvalue weighted by molar-refractivity contribution is 5.99. The molecule has 5 heteroatoms. The van der Waals surface area contributed by atoms with Crippen LogP contribution >= 0.6 is 0 Å². The van der Waals surface area contributed by atoms with Crippen molar-refractivity contribution >= 4 is 17.5 Å². The Morgan fingerprint density at radius 2 is 1.95 bits per heavy atom. The van der Waals surface area contributed by atoms with E-state index in [0.29, 0.717) is 5.82 Å². The smallest absolute Gasteiger partial charge is 0.324 e. The molecule has 1 aromatic heterocycles. The third kappa shape index (κ3) is 3.84. The first-order valence-corrected chi connectivity index (χ1v) is 7.03. The minimum Gasteiger partial charge on any atom is -0.359 e. The lowest BCUT2D eigenvalue weighted by Gasteiger charge is -2.12. The monoisotopic (exact) mass is 287 g/mol. The first-order chi connectivity index (χ1) is 9.90. The fraction of sp³-hybridized carbons (Fsp3) is 0.375.